The molecule has 4 nitrogen and oxygen atoms in total. The molecule has 1 atom stereocenters. The summed E-state index contributed by atoms with van der Waals surface area (Å²) >= 11 is 0. The molecule has 0 spiro atoms. The summed E-state index contributed by atoms with van der Waals surface area (Å²) in [4.78, 5) is 1.63. The number of hydrogen-bond donors (Lipinski definition) is 2. The first-order valence-electron chi connectivity index (χ1n) is 6.73. The molecule has 0 radical (unpaired) electrons. The Hall–Kier alpha value is -1.69. The van der Waals surface area contributed by atoms with E-state index >= 15 is 0 Å². The lowest BCUT2D eigenvalue weighted by atomic mass is 10.1. The molecule has 110 valence electrons. The number of hydrogen-bond acceptors (Lipinski definition) is 3. The second-order valence-electron chi connectivity index (χ2n) is 4.88. The number of halogens is 2. The third-order valence-corrected chi connectivity index (χ3v) is 3.47. The Morgan fingerprint density at radius 1 is 1.45 bits per heavy atom. The van der Waals surface area contributed by atoms with Gasteiger partial charge in [-0.3, -0.25) is 5.41 Å². The molecule has 1 fully saturated rings. The quantitative estimate of drug-likeness (QED) is 0.643. The van der Waals surface area contributed by atoms with Crippen molar-refractivity contribution in [3.63, 3.8) is 0 Å². The second kappa shape index (κ2) is 6.17. The highest BCUT2D eigenvalue weighted by atomic mass is 19.1. The minimum absolute atomic E-state index is 0.0150. The van der Waals surface area contributed by atoms with Crippen molar-refractivity contribution < 1.29 is 13.5 Å². The Labute approximate surface area is 117 Å². The van der Waals surface area contributed by atoms with Crippen LogP contribution in [0.2, 0.25) is 0 Å². The van der Waals surface area contributed by atoms with Crippen LogP contribution in [0, 0.1) is 17.0 Å². The smallest absolute Gasteiger partial charge is 0.150 e. The van der Waals surface area contributed by atoms with E-state index < -0.39 is 11.6 Å². The van der Waals surface area contributed by atoms with Gasteiger partial charge in [-0.15, -0.1) is 0 Å². The van der Waals surface area contributed by atoms with Crippen molar-refractivity contribution in [2.45, 2.75) is 25.9 Å². The molecule has 0 amide bonds. The van der Waals surface area contributed by atoms with Crippen LogP contribution in [0.3, 0.4) is 0 Å². The first-order valence-corrected chi connectivity index (χ1v) is 6.73. The average molecular weight is 283 g/mol. The Balaban J connectivity index is 2.26. The van der Waals surface area contributed by atoms with Crippen molar-refractivity contribution in [1.29, 1.82) is 5.41 Å². The van der Waals surface area contributed by atoms with Gasteiger partial charge in [-0.05, 0) is 31.9 Å². The first kappa shape index (κ1) is 14.7. The van der Waals surface area contributed by atoms with Gasteiger partial charge >= 0.3 is 0 Å². The van der Waals surface area contributed by atoms with Gasteiger partial charge in [-0.25, -0.2) is 8.78 Å². The molecule has 1 unspecified atom stereocenters. The van der Waals surface area contributed by atoms with Gasteiger partial charge in [0.05, 0.1) is 6.10 Å². The summed E-state index contributed by atoms with van der Waals surface area (Å²) in [7, 11) is 0. The van der Waals surface area contributed by atoms with E-state index in [-0.39, 0.29) is 23.2 Å². The van der Waals surface area contributed by atoms with Gasteiger partial charge in [-0.2, -0.15) is 0 Å². The van der Waals surface area contributed by atoms with Crippen LogP contribution < -0.4 is 10.6 Å². The van der Waals surface area contributed by atoms with Crippen molar-refractivity contribution in [2.75, 3.05) is 24.6 Å². The number of nitrogens with one attached hydrogen (secondary N) is 1. The molecule has 20 heavy (non-hydrogen) atoms. The van der Waals surface area contributed by atoms with Crippen LogP contribution in [0.1, 0.15) is 25.3 Å². The number of benzene rings is 1. The highest BCUT2D eigenvalue weighted by Gasteiger charge is 2.23. The van der Waals surface area contributed by atoms with Crippen LogP contribution in [0.15, 0.2) is 12.1 Å². The number of nitrogens with two attached hydrogens (primary N) is 1. The van der Waals surface area contributed by atoms with Crippen molar-refractivity contribution in [1.82, 2.24) is 0 Å². The molecule has 2 rings (SSSR count). The normalized spacial score (nSPS) is 18.2. The van der Waals surface area contributed by atoms with Gasteiger partial charge < -0.3 is 15.4 Å². The summed E-state index contributed by atoms with van der Waals surface area (Å²) in [5.41, 5.74) is 5.24. The Bertz CT molecular complexity index is 478. The summed E-state index contributed by atoms with van der Waals surface area (Å²) in [6.45, 7) is 3.49. The lowest BCUT2D eigenvalue weighted by Crippen LogP contribution is -2.33. The Morgan fingerprint density at radius 2 is 2.10 bits per heavy atom. The Morgan fingerprint density at radius 3 is 2.55 bits per heavy atom. The van der Waals surface area contributed by atoms with E-state index in [0.29, 0.717) is 19.7 Å². The fraction of sp³-hybridized carbons (Fsp3) is 0.500. The molecule has 0 aliphatic carbocycles. The number of ether oxygens (including phenoxy) is 1. The number of anilines is 1. The summed E-state index contributed by atoms with van der Waals surface area (Å²) < 4.78 is 33.7. The molecule has 1 aliphatic heterocycles. The number of nitrogen functional groups attached to an aromatic ring is 1. The van der Waals surface area contributed by atoms with Gasteiger partial charge in [0.1, 0.15) is 23.2 Å². The zero-order valence-corrected chi connectivity index (χ0v) is 11.5. The van der Waals surface area contributed by atoms with Crippen molar-refractivity contribution in [3.8, 4) is 0 Å². The van der Waals surface area contributed by atoms with Crippen LogP contribution in [0.5, 0.6) is 0 Å². The van der Waals surface area contributed by atoms with Crippen LogP contribution in [0.4, 0.5) is 14.5 Å². The predicted octanol–water partition coefficient (Wildman–Crippen LogP) is 2.25. The largest absolute Gasteiger partial charge is 0.384 e. The molecule has 0 aromatic heterocycles. The van der Waals surface area contributed by atoms with E-state index in [9.17, 15) is 8.78 Å². The minimum atomic E-state index is -0.699. The number of amidine groups is 1. The maximum absolute atomic E-state index is 14.1. The van der Waals surface area contributed by atoms with E-state index in [2.05, 4.69) is 0 Å². The van der Waals surface area contributed by atoms with Crippen LogP contribution in [0.25, 0.3) is 0 Å². The van der Waals surface area contributed by atoms with Crippen LogP contribution >= 0.6 is 0 Å². The summed E-state index contributed by atoms with van der Waals surface area (Å²) in [5, 5.41) is 7.24. The van der Waals surface area contributed by atoms with Crippen LogP contribution in [-0.2, 0) is 4.74 Å². The number of rotatable bonds is 5. The van der Waals surface area contributed by atoms with Gasteiger partial charge in [-0.1, -0.05) is 0 Å². The number of likely N-dealkylation sites (N-methyl/N-ethyl adjacent to an activating group) is 1. The van der Waals surface area contributed by atoms with E-state index in [1.54, 1.807) is 4.90 Å². The SMILES string of the molecule is CCN(CC1CCCO1)c1c(F)cc(C(=N)N)cc1F. The molecule has 1 heterocycles. The first-order chi connectivity index (χ1) is 9.52. The zero-order chi connectivity index (χ0) is 14.7. The fourth-order valence-electron chi connectivity index (χ4n) is 2.44. The lowest BCUT2D eigenvalue weighted by Gasteiger charge is -2.27. The van der Waals surface area contributed by atoms with Crippen molar-refractivity contribution >= 4 is 11.5 Å². The van der Waals surface area contributed by atoms with E-state index in [4.69, 9.17) is 15.9 Å². The van der Waals surface area contributed by atoms with Gasteiger partial charge in [0.25, 0.3) is 0 Å². The molecule has 1 aromatic carbocycles. The van der Waals surface area contributed by atoms with Crippen molar-refractivity contribution in [3.05, 3.63) is 29.3 Å². The molecule has 1 aromatic rings. The molecular formula is C14H19F2N3O. The molecule has 0 saturated carbocycles. The molecule has 1 saturated heterocycles. The molecule has 1 aliphatic rings. The van der Waals surface area contributed by atoms with E-state index in [0.717, 1.165) is 25.0 Å². The highest BCUT2D eigenvalue weighted by molar-refractivity contribution is 5.95. The van der Waals surface area contributed by atoms with Gasteiger partial charge in [0.2, 0.25) is 0 Å². The minimum Gasteiger partial charge on any atom is -0.384 e. The fourth-order valence-corrected chi connectivity index (χ4v) is 2.44. The van der Waals surface area contributed by atoms with Gasteiger partial charge in [0, 0.05) is 25.3 Å². The standard InChI is InChI=1S/C14H19F2N3O/c1-2-19(8-10-4-3-5-20-10)13-11(15)6-9(14(17)18)7-12(13)16/h6-7,10H,2-5,8H2,1H3,(H3,17,18). The average Bonchev–Trinajstić information content (AvgIpc) is 2.89. The summed E-state index contributed by atoms with van der Waals surface area (Å²) in [6, 6.07) is 2.19. The summed E-state index contributed by atoms with van der Waals surface area (Å²) in [6.07, 6.45) is 1.91. The molecule has 3 N–H and O–H groups in total. The van der Waals surface area contributed by atoms with Crippen LogP contribution in [-0.4, -0.2) is 31.6 Å². The highest BCUT2D eigenvalue weighted by Crippen LogP contribution is 2.26. The molecule has 6 heteroatoms. The Kier molecular flexibility index (Phi) is 4.54. The molecule has 0 bridgehead atoms. The lowest BCUT2D eigenvalue weighted by molar-refractivity contribution is 0.115. The van der Waals surface area contributed by atoms with E-state index in [1.165, 1.54) is 0 Å². The monoisotopic (exact) mass is 283 g/mol. The molecular weight excluding hydrogens is 264 g/mol. The third-order valence-electron chi connectivity index (χ3n) is 3.47. The summed E-state index contributed by atoms with van der Waals surface area (Å²) in [5.74, 6) is -1.75. The van der Waals surface area contributed by atoms with Crippen molar-refractivity contribution in [2.24, 2.45) is 5.73 Å². The number of nitrogens with zero attached hydrogens (tertiary/aromatic N) is 1. The second-order valence-corrected chi connectivity index (χ2v) is 4.88. The maximum Gasteiger partial charge on any atom is 0.150 e. The predicted molar refractivity (Wildman–Crippen MR) is 74.2 cm³/mol. The zero-order valence-electron chi connectivity index (χ0n) is 11.5. The van der Waals surface area contributed by atoms with E-state index in [1.807, 2.05) is 6.92 Å². The topological polar surface area (TPSA) is 62.3 Å². The van der Waals surface area contributed by atoms with Gasteiger partial charge in [0.15, 0.2) is 0 Å². The maximum atomic E-state index is 14.1. The third kappa shape index (κ3) is 3.07.